The number of carbonyl (C=O) groups is 1. The second-order valence-electron chi connectivity index (χ2n) is 5.81. The van der Waals surface area contributed by atoms with Gasteiger partial charge in [-0.05, 0) is 31.0 Å². The lowest BCUT2D eigenvalue weighted by molar-refractivity contribution is 0.0755. The van der Waals surface area contributed by atoms with Crippen molar-refractivity contribution >= 4 is 17.4 Å². The van der Waals surface area contributed by atoms with Crippen LogP contribution in [0.5, 0.6) is 0 Å². The van der Waals surface area contributed by atoms with Crippen molar-refractivity contribution in [2.24, 2.45) is 0 Å². The van der Waals surface area contributed by atoms with Gasteiger partial charge >= 0.3 is 0 Å². The van der Waals surface area contributed by atoms with E-state index in [0.29, 0.717) is 17.1 Å². The summed E-state index contributed by atoms with van der Waals surface area (Å²) < 4.78 is 0. The van der Waals surface area contributed by atoms with Crippen LogP contribution in [-0.2, 0) is 0 Å². The number of nitrogens with zero attached hydrogens (tertiary/aromatic N) is 4. The Morgan fingerprint density at radius 1 is 1.12 bits per heavy atom. The highest BCUT2D eigenvalue weighted by atomic mass is 16.2. The summed E-state index contributed by atoms with van der Waals surface area (Å²) >= 11 is 0. The lowest BCUT2D eigenvalue weighted by Crippen LogP contribution is -2.32. The zero-order valence-corrected chi connectivity index (χ0v) is 13.4. The highest BCUT2D eigenvalue weighted by Crippen LogP contribution is 2.16. The molecule has 0 aliphatic carbocycles. The molecule has 1 saturated heterocycles. The molecule has 1 aromatic heterocycles. The average Bonchev–Trinajstić information content (AvgIpc) is 2.91. The molecule has 122 valence electrons. The summed E-state index contributed by atoms with van der Waals surface area (Å²) in [5, 5.41) is 12.0. The van der Waals surface area contributed by atoms with Gasteiger partial charge < -0.3 is 10.2 Å². The van der Waals surface area contributed by atoms with Crippen molar-refractivity contribution in [3.05, 3.63) is 47.9 Å². The number of hydrogen-bond acceptors (Lipinski definition) is 5. The second kappa shape index (κ2) is 7.55. The number of aromatic nitrogens is 2. The first kappa shape index (κ1) is 15.9. The summed E-state index contributed by atoms with van der Waals surface area (Å²) in [6.45, 7) is 1.59. The summed E-state index contributed by atoms with van der Waals surface area (Å²) in [6, 6.07) is 9.21. The van der Waals surface area contributed by atoms with E-state index in [9.17, 15) is 4.79 Å². The van der Waals surface area contributed by atoms with Gasteiger partial charge in [0.2, 0.25) is 0 Å². The zero-order valence-electron chi connectivity index (χ0n) is 13.4. The van der Waals surface area contributed by atoms with Gasteiger partial charge in [-0.1, -0.05) is 18.9 Å². The Morgan fingerprint density at radius 3 is 2.58 bits per heavy atom. The summed E-state index contributed by atoms with van der Waals surface area (Å²) in [6.07, 6.45) is 7.51. The number of benzene rings is 1. The maximum Gasteiger partial charge on any atom is 0.274 e. The Hall–Kier alpha value is -2.94. The predicted molar refractivity (Wildman–Crippen MR) is 90.8 cm³/mol. The Bertz CT molecular complexity index is 743. The van der Waals surface area contributed by atoms with Crippen LogP contribution >= 0.6 is 0 Å². The normalized spacial score (nSPS) is 14.5. The molecular weight excluding hydrogens is 302 g/mol. The molecule has 0 unspecified atom stereocenters. The summed E-state index contributed by atoms with van der Waals surface area (Å²) in [4.78, 5) is 22.8. The topological polar surface area (TPSA) is 81.9 Å². The molecule has 1 fully saturated rings. The maximum absolute atomic E-state index is 12.5. The average molecular weight is 321 g/mol. The van der Waals surface area contributed by atoms with Crippen LogP contribution in [-0.4, -0.2) is 33.9 Å². The number of amides is 1. The van der Waals surface area contributed by atoms with Crippen LogP contribution in [0.4, 0.5) is 11.5 Å². The molecule has 1 N–H and O–H groups in total. The summed E-state index contributed by atoms with van der Waals surface area (Å²) in [7, 11) is 0. The van der Waals surface area contributed by atoms with Gasteiger partial charge in [-0.15, -0.1) is 0 Å². The molecule has 6 heteroatoms. The lowest BCUT2D eigenvalue weighted by atomic mass is 10.2. The van der Waals surface area contributed by atoms with E-state index in [4.69, 9.17) is 5.26 Å². The Labute approximate surface area is 141 Å². The minimum Gasteiger partial charge on any atom is -0.339 e. The molecule has 1 amide bonds. The third-order valence-electron chi connectivity index (χ3n) is 4.03. The van der Waals surface area contributed by atoms with Crippen molar-refractivity contribution in [1.29, 1.82) is 5.26 Å². The van der Waals surface area contributed by atoms with E-state index in [1.807, 2.05) is 11.0 Å². The van der Waals surface area contributed by atoms with Crippen LogP contribution in [0.15, 0.2) is 36.7 Å². The van der Waals surface area contributed by atoms with E-state index < -0.39 is 0 Å². The fourth-order valence-electron chi connectivity index (χ4n) is 2.75. The van der Waals surface area contributed by atoms with E-state index in [2.05, 4.69) is 21.4 Å². The fourth-order valence-corrected chi connectivity index (χ4v) is 2.75. The highest BCUT2D eigenvalue weighted by Gasteiger charge is 2.18. The van der Waals surface area contributed by atoms with Gasteiger partial charge in [-0.3, -0.25) is 4.79 Å². The quantitative estimate of drug-likeness (QED) is 0.939. The third kappa shape index (κ3) is 3.87. The monoisotopic (exact) mass is 321 g/mol. The van der Waals surface area contributed by atoms with E-state index in [0.717, 1.165) is 31.6 Å². The molecule has 1 aliphatic rings. The summed E-state index contributed by atoms with van der Waals surface area (Å²) in [5.41, 5.74) is 1.70. The van der Waals surface area contributed by atoms with Crippen LogP contribution in [0.2, 0.25) is 0 Å². The molecule has 1 aromatic carbocycles. The van der Waals surface area contributed by atoms with Crippen molar-refractivity contribution in [2.45, 2.75) is 25.7 Å². The van der Waals surface area contributed by atoms with Crippen LogP contribution in [0.3, 0.4) is 0 Å². The van der Waals surface area contributed by atoms with Crippen LogP contribution < -0.4 is 5.32 Å². The van der Waals surface area contributed by atoms with Gasteiger partial charge in [0, 0.05) is 18.8 Å². The van der Waals surface area contributed by atoms with Crippen LogP contribution in [0.1, 0.15) is 41.7 Å². The molecule has 0 saturated carbocycles. The first-order chi connectivity index (χ1) is 11.8. The van der Waals surface area contributed by atoms with Crippen molar-refractivity contribution in [3.63, 3.8) is 0 Å². The number of nitriles is 1. The standard InChI is InChI=1S/C18H19N5O/c19-11-14-6-5-7-15(10-14)22-17-13-20-16(12-21-17)18(24)23-8-3-1-2-4-9-23/h5-7,10,12-13H,1-4,8-9H2,(H,21,22). The minimum absolute atomic E-state index is 0.0533. The van der Waals surface area contributed by atoms with E-state index in [-0.39, 0.29) is 5.91 Å². The zero-order chi connectivity index (χ0) is 16.8. The smallest absolute Gasteiger partial charge is 0.274 e. The number of likely N-dealkylation sites (tertiary alicyclic amines) is 1. The molecule has 2 heterocycles. The second-order valence-corrected chi connectivity index (χ2v) is 5.81. The molecule has 6 nitrogen and oxygen atoms in total. The lowest BCUT2D eigenvalue weighted by Gasteiger charge is -2.19. The predicted octanol–water partition coefficient (Wildman–Crippen LogP) is 3.11. The molecule has 2 aromatic rings. The molecule has 24 heavy (non-hydrogen) atoms. The molecule has 0 bridgehead atoms. The van der Waals surface area contributed by atoms with Crippen molar-refractivity contribution < 1.29 is 4.79 Å². The van der Waals surface area contributed by atoms with Crippen molar-refractivity contribution in [2.75, 3.05) is 18.4 Å². The summed E-state index contributed by atoms with van der Waals surface area (Å²) in [5.74, 6) is 0.486. The highest BCUT2D eigenvalue weighted by molar-refractivity contribution is 5.92. The van der Waals surface area contributed by atoms with Crippen LogP contribution in [0, 0.1) is 11.3 Å². The largest absolute Gasteiger partial charge is 0.339 e. The van der Waals surface area contributed by atoms with E-state index in [1.54, 1.807) is 24.4 Å². The Morgan fingerprint density at radius 2 is 1.92 bits per heavy atom. The van der Waals surface area contributed by atoms with Gasteiger partial charge in [-0.2, -0.15) is 5.26 Å². The SMILES string of the molecule is N#Cc1cccc(Nc2cnc(C(=O)N3CCCCCC3)cn2)c1. The number of anilines is 2. The minimum atomic E-state index is -0.0533. The van der Waals surface area contributed by atoms with Gasteiger partial charge in [0.1, 0.15) is 11.5 Å². The molecule has 3 rings (SSSR count). The molecular formula is C18H19N5O. The maximum atomic E-state index is 12.5. The first-order valence-corrected chi connectivity index (χ1v) is 8.15. The van der Waals surface area contributed by atoms with Crippen LogP contribution in [0.25, 0.3) is 0 Å². The number of carbonyl (C=O) groups excluding carboxylic acids is 1. The third-order valence-corrected chi connectivity index (χ3v) is 4.03. The molecule has 1 aliphatic heterocycles. The van der Waals surface area contributed by atoms with Gasteiger partial charge in [0.15, 0.2) is 0 Å². The molecule has 0 atom stereocenters. The first-order valence-electron chi connectivity index (χ1n) is 8.15. The molecule has 0 spiro atoms. The van der Waals surface area contributed by atoms with Gasteiger partial charge in [0.25, 0.3) is 5.91 Å². The van der Waals surface area contributed by atoms with E-state index >= 15 is 0 Å². The van der Waals surface area contributed by atoms with Gasteiger partial charge in [-0.25, -0.2) is 9.97 Å². The Balaban J connectivity index is 1.68. The van der Waals surface area contributed by atoms with Crippen molar-refractivity contribution in [1.82, 2.24) is 14.9 Å². The Kier molecular flexibility index (Phi) is 5.02. The number of nitrogens with one attached hydrogen (secondary N) is 1. The van der Waals surface area contributed by atoms with Gasteiger partial charge in [0.05, 0.1) is 24.0 Å². The molecule has 0 radical (unpaired) electrons. The number of hydrogen-bond donors (Lipinski definition) is 1. The number of rotatable bonds is 3. The van der Waals surface area contributed by atoms with Crippen molar-refractivity contribution in [3.8, 4) is 6.07 Å². The fraction of sp³-hybridized carbons (Fsp3) is 0.333. The van der Waals surface area contributed by atoms with E-state index in [1.165, 1.54) is 19.0 Å².